The second-order valence-electron chi connectivity index (χ2n) is 7.91. The van der Waals surface area contributed by atoms with Crippen LogP contribution in [0, 0.1) is 5.82 Å². The SMILES string of the molecule is C=C(/N=C\C=C/N)SCC(=O)N1CCN(c2ccc(N3C[C@H](CNC(=S)OC)OC3=O)cc2F)CCN1. The second-order valence-corrected chi connectivity index (χ2v) is 9.33. The molecule has 37 heavy (non-hydrogen) atoms. The fourth-order valence-corrected chi connectivity index (χ4v) is 4.31. The molecule has 2 heterocycles. The molecular weight excluding hydrogens is 521 g/mol. The Hall–Kier alpha value is -3.36. The molecule has 1 aromatic rings. The topological polar surface area (TPSA) is 125 Å². The number of nitrogens with zero attached hydrogens (tertiary/aromatic N) is 4. The minimum Gasteiger partial charge on any atom is -0.474 e. The average Bonchev–Trinajstić information content (AvgIpc) is 3.09. The molecule has 14 heteroatoms. The first kappa shape index (κ1) is 28.2. The number of carbonyl (C=O) groups is 2. The third kappa shape index (κ3) is 8.06. The lowest BCUT2D eigenvalue weighted by Gasteiger charge is -2.24. The minimum absolute atomic E-state index is 0.128. The number of halogens is 1. The van der Waals surface area contributed by atoms with E-state index in [1.165, 1.54) is 47.3 Å². The monoisotopic (exact) mass is 551 g/mol. The van der Waals surface area contributed by atoms with Gasteiger partial charge in [-0.25, -0.2) is 14.6 Å². The van der Waals surface area contributed by atoms with Gasteiger partial charge in [-0.15, -0.1) is 0 Å². The number of nitrogens with one attached hydrogen (secondary N) is 2. The molecule has 0 radical (unpaired) electrons. The highest BCUT2D eigenvalue weighted by molar-refractivity contribution is 8.03. The molecule has 11 nitrogen and oxygen atoms in total. The van der Waals surface area contributed by atoms with Crippen LogP contribution in [0.2, 0.25) is 0 Å². The van der Waals surface area contributed by atoms with Gasteiger partial charge < -0.3 is 25.4 Å². The lowest BCUT2D eigenvalue weighted by molar-refractivity contribution is -0.131. The highest BCUT2D eigenvalue weighted by atomic mass is 32.2. The minimum atomic E-state index is -0.558. The number of thiocarbonyl (C=S) groups is 1. The van der Waals surface area contributed by atoms with Crippen molar-refractivity contribution < 1.29 is 23.5 Å². The normalized spacial score (nSPS) is 18.3. The molecule has 1 aromatic carbocycles. The number of ether oxygens (including phenoxy) is 2. The van der Waals surface area contributed by atoms with Crippen LogP contribution in [0.4, 0.5) is 20.6 Å². The zero-order valence-corrected chi connectivity index (χ0v) is 22.0. The zero-order chi connectivity index (χ0) is 26.8. The van der Waals surface area contributed by atoms with Crippen molar-refractivity contribution in [2.45, 2.75) is 6.10 Å². The van der Waals surface area contributed by atoms with E-state index in [0.717, 1.165) is 0 Å². The van der Waals surface area contributed by atoms with Crippen LogP contribution in [-0.4, -0.2) is 86.6 Å². The number of allylic oxidation sites excluding steroid dienone is 1. The van der Waals surface area contributed by atoms with E-state index >= 15 is 4.39 Å². The van der Waals surface area contributed by atoms with E-state index in [2.05, 4.69) is 22.3 Å². The molecule has 3 rings (SSSR count). The molecule has 200 valence electrons. The van der Waals surface area contributed by atoms with E-state index in [1.54, 1.807) is 18.2 Å². The van der Waals surface area contributed by atoms with Crippen LogP contribution in [0.25, 0.3) is 0 Å². The standard InChI is InChI=1S/C23H30FN7O4S2/c1-16(26-7-3-6-25)37-15-21(32)31-11-10-29(9-8-28-31)20-5-4-17(12-19(20)24)30-14-18(35-23(30)33)13-27-22(36)34-2/h3-7,12,18,28H,1,8-11,13-15,25H2,2H3,(H,27,36)/b6-3-,26-7-/t18-/m0/s1. The van der Waals surface area contributed by atoms with Gasteiger partial charge in [0.25, 0.3) is 5.17 Å². The first-order valence-corrected chi connectivity index (χ1v) is 12.8. The summed E-state index contributed by atoms with van der Waals surface area (Å²) in [5.74, 6) is -0.433. The van der Waals surface area contributed by atoms with E-state index in [0.29, 0.717) is 42.6 Å². The summed E-state index contributed by atoms with van der Waals surface area (Å²) in [6, 6.07) is 4.63. The summed E-state index contributed by atoms with van der Waals surface area (Å²) < 4.78 is 25.3. The van der Waals surface area contributed by atoms with Gasteiger partial charge in [0.2, 0.25) is 5.91 Å². The van der Waals surface area contributed by atoms with Gasteiger partial charge in [0, 0.05) is 25.8 Å². The predicted octanol–water partition coefficient (Wildman–Crippen LogP) is 1.57. The van der Waals surface area contributed by atoms with Crippen LogP contribution in [0.3, 0.4) is 0 Å². The van der Waals surface area contributed by atoms with Gasteiger partial charge in [0.15, 0.2) is 0 Å². The quantitative estimate of drug-likeness (QED) is 0.308. The fourth-order valence-electron chi connectivity index (χ4n) is 3.65. The van der Waals surface area contributed by atoms with Crippen molar-refractivity contribution in [1.82, 2.24) is 15.8 Å². The Kier molecular flexibility index (Phi) is 10.5. The number of hydrogen-bond donors (Lipinski definition) is 3. The Morgan fingerprint density at radius 2 is 2.27 bits per heavy atom. The van der Waals surface area contributed by atoms with Gasteiger partial charge in [-0.1, -0.05) is 18.3 Å². The molecule has 0 unspecified atom stereocenters. The Morgan fingerprint density at radius 3 is 3.00 bits per heavy atom. The Morgan fingerprint density at radius 1 is 1.46 bits per heavy atom. The molecule has 2 aliphatic rings. The van der Waals surface area contributed by atoms with Crippen molar-refractivity contribution in [2.24, 2.45) is 10.7 Å². The Labute approximate surface area is 224 Å². The molecule has 0 aliphatic carbocycles. The lowest BCUT2D eigenvalue weighted by atomic mass is 10.2. The number of anilines is 2. The maximum atomic E-state index is 15.1. The summed E-state index contributed by atoms with van der Waals surface area (Å²) in [5, 5.41) is 5.07. The molecule has 0 aromatic heterocycles. The van der Waals surface area contributed by atoms with Crippen LogP contribution in [0.15, 0.2) is 47.1 Å². The average molecular weight is 552 g/mol. The summed E-state index contributed by atoms with van der Waals surface area (Å²) in [4.78, 5) is 32.2. The largest absolute Gasteiger partial charge is 0.474 e. The Bertz CT molecular complexity index is 1070. The molecular formula is C23H30FN7O4S2. The maximum Gasteiger partial charge on any atom is 0.414 e. The van der Waals surface area contributed by atoms with E-state index in [4.69, 9.17) is 27.4 Å². The van der Waals surface area contributed by atoms with E-state index in [-0.39, 0.29) is 29.9 Å². The molecule has 0 saturated carbocycles. The molecule has 4 N–H and O–H groups in total. The van der Waals surface area contributed by atoms with Gasteiger partial charge >= 0.3 is 6.09 Å². The number of methoxy groups -OCH3 is 1. The van der Waals surface area contributed by atoms with Gasteiger partial charge in [-0.05, 0) is 42.7 Å². The number of aliphatic imine (C=N–C) groups is 1. The molecule has 2 saturated heterocycles. The van der Waals surface area contributed by atoms with E-state index in [9.17, 15) is 9.59 Å². The summed E-state index contributed by atoms with van der Waals surface area (Å²) in [5.41, 5.74) is 9.12. The highest BCUT2D eigenvalue weighted by Gasteiger charge is 2.33. The number of nitrogens with two attached hydrogens (primary N) is 1. The number of benzene rings is 1. The van der Waals surface area contributed by atoms with Crippen LogP contribution in [0.1, 0.15) is 0 Å². The van der Waals surface area contributed by atoms with Crippen molar-refractivity contribution in [2.75, 3.05) is 61.9 Å². The molecule has 0 bridgehead atoms. The van der Waals surface area contributed by atoms with Crippen molar-refractivity contribution >= 4 is 58.7 Å². The van der Waals surface area contributed by atoms with Crippen molar-refractivity contribution in [1.29, 1.82) is 0 Å². The summed E-state index contributed by atoms with van der Waals surface area (Å²) in [6.07, 6.45) is 3.41. The van der Waals surface area contributed by atoms with Crippen molar-refractivity contribution in [3.8, 4) is 0 Å². The third-order valence-corrected chi connectivity index (χ3v) is 6.62. The number of hydrazine groups is 1. The number of hydrogen-bond acceptors (Lipinski definition) is 10. The van der Waals surface area contributed by atoms with Crippen molar-refractivity contribution in [3.63, 3.8) is 0 Å². The number of rotatable bonds is 9. The van der Waals surface area contributed by atoms with Gasteiger partial charge in [0.05, 0.1) is 48.9 Å². The molecule has 2 amide bonds. The fraction of sp³-hybridized carbons (Fsp3) is 0.391. The predicted molar refractivity (Wildman–Crippen MR) is 147 cm³/mol. The number of amides is 2. The number of thioether (sulfide) groups is 1. The maximum absolute atomic E-state index is 15.1. The van der Waals surface area contributed by atoms with Crippen LogP contribution < -0.4 is 26.3 Å². The van der Waals surface area contributed by atoms with E-state index in [1.807, 2.05) is 4.90 Å². The highest BCUT2D eigenvalue weighted by Crippen LogP contribution is 2.28. The smallest absolute Gasteiger partial charge is 0.414 e. The van der Waals surface area contributed by atoms with Crippen LogP contribution in [0.5, 0.6) is 0 Å². The van der Waals surface area contributed by atoms with Gasteiger partial charge in [-0.3, -0.25) is 19.7 Å². The van der Waals surface area contributed by atoms with Crippen molar-refractivity contribution in [3.05, 3.63) is 47.9 Å². The third-order valence-electron chi connectivity index (χ3n) is 5.47. The molecule has 0 spiro atoms. The second kappa shape index (κ2) is 13.8. The summed E-state index contributed by atoms with van der Waals surface area (Å²) in [6.45, 7) is 6.07. The van der Waals surface area contributed by atoms with Crippen LogP contribution >= 0.6 is 24.0 Å². The molecule has 1 atom stereocenters. The summed E-state index contributed by atoms with van der Waals surface area (Å²) in [7, 11) is 1.44. The zero-order valence-electron chi connectivity index (χ0n) is 20.4. The number of cyclic esters (lactones) is 1. The number of carbonyl (C=O) groups excluding carboxylic acids is 2. The van der Waals surface area contributed by atoms with Gasteiger partial charge in [0.1, 0.15) is 11.9 Å². The first-order valence-electron chi connectivity index (χ1n) is 11.4. The first-order chi connectivity index (χ1) is 17.8. The van der Waals surface area contributed by atoms with Crippen LogP contribution in [-0.2, 0) is 14.3 Å². The Balaban J connectivity index is 1.55. The molecule has 2 aliphatic heterocycles. The van der Waals surface area contributed by atoms with Gasteiger partial charge in [-0.2, -0.15) is 0 Å². The summed E-state index contributed by atoms with van der Waals surface area (Å²) >= 11 is 6.15. The molecule has 2 fully saturated rings. The lowest BCUT2D eigenvalue weighted by Crippen LogP contribution is -2.44. The van der Waals surface area contributed by atoms with E-state index < -0.39 is 18.0 Å².